The minimum Gasteiger partial charge on any atom is -0.338 e. The number of carbonyl (C=O) groups is 1. The van der Waals surface area contributed by atoms with Crippen molar-refractivity contribution in [2.24, 2.45) is 0 Å². The van der Waals surface area contributed by atoms with E-state index in [0.717, 1.165) is 58.4 Å². The van der Waals surface area contributed by atoms with Gasteiger partial charge in [-0.05, 0) is 55.3 Å². The van der Waals surface area contributed by atoms with Gasteiger partial charge in [0.15, 0.2) is 0 Å². The zero-order chi connectivity index (χ0) is 17.1. The normalized spacial score (nSPS) is 20.4. The zero-order valence-electron chi connectivity index (χ0n) is 15.0. The van der Waals surface area contributed by atoms with Crippen molar-refractivity contribution in [1.29, 1.82) is 0 Å². The first-order valence-corrected chi connectivity index (χ1v) is 9.75. The molecule has 1 aliphatic carbocycles. The monoisotopic (exact) mass is 336 g/mol. The summed E-state index contributed by atoms with van der Waals surface area (Å²) in [4.78, 5) is 17.2. The van der Waals surface area contributed by atoms with Crippen LogP contribution in [-0.2, 0) is 11.2 Å². The van der Waals surface area contributed by atoms with Crippen molar-refractivity contribution in [2.45, 2.75) is 38.5 Å². The predicted molar refractivity (Wildman–Crippen MR) is 102 cm³/mol. The number of nitrogens with zero attached hydrogens (tertiary/aromatic N) is 2. The van der Waals surface area contributed by atoms with Gasteiger partial charge < -0.3 is 4.90 Å². The van der Waals surface area contributed by atoms with E-state index in [4.69, 9.17) is 0 Å². The van der Waals surface area contributed by atoms with E-state index < -0.39 is 0 Å². The van der Waals surface area contributed by atoms with Crippen LogP contribution >= 0.6 is 0 Å². The van der Waals surface area contributed by atoms with Crippen molar-refractivity contribution in [3.05, 3.63) is 53.1 Å². The van der Waals surface area contributed by atoms with Gasteiger partial charge in [-0.15, -0.1) is 0 Å². The molecule has 132 valence electrons. The molecule has 25 heavy (non-hydrogen) atoms. The highest BCUT2D eigenvalue weighted by molar-refractivity contribution is 5.82. The lowest BCUT2D eigenvalue weighted by atomic mass is 9.82. The maximum atomic E-state index is 12.7. The van der Waals surface area contributed by atoms with E-state index in [-0.39, 0.29) is 0 Å². The molecular weight excluding hydrogens is 308 g/mol. The number of aryl methyl sites for hydroxylation is 1. The summed E-state index contributed by atoms with van der Waals surface area (Å²) in [5.74, 6) is 0.335. The van der Waals surface area contributed by atoms with E-state index in [2.05, 4.69) is 46.2 Å². The first kappa shape index (κ1) is 16.6. The fraction of sp³-hybridized carbons (Fsp3) is 0.500. The molecule has 1 amide bonds. The molecule has 0 atom stereocenters. The molecule has 0 bridgehead atoms. The lowest BCUT2D eigenvalue weighted by Gasteiger charge is -2.34. The number of hydrogen-bond acceptors (Lipinski definition) is 2. The van der Waals surface area contributed by atoms with Gasteiger partial charge in [-0.3, -0.25) is 9.69 Å². The van der Waals surface area contributed by atoms with Crippen molar-refractivity contribution in [3.8, 4) is 0 Å². The molecule has 0 fully saturated rings. The van der Waals surface area contributed by atoms with Crippen LogP contribution in [0.5, 0.6) is 0 Å². The van der Waals surface area contributed by atoms with Gasteiger partial charge in [0, 0.05) is 32.6 Å². The number of hydrogen-bond donors (Lipinski definition) is 0. The Kier molecular flexibility index (Phi) is 5.02. The van der Waals surface area contributed by atoms with Crippen LogP contribution in [0.3, 0.4) is 0 Å². The van der Waals surface area contributed by atoms with Gasteiger partial charge in [0.05, 0.1) is 0 Å². The Morgan fingerprint density at radius 1 is 1.04 bits per heavy atom. The second kappa shape index (κ2) is 7.57. The van der Waals surface area contributed by atoms with Gasteiger partial charge in [-0.1, -0.05) is 42.0 Å². The van der Waals surface area contributed by atoms with Crippen LogP contribution in [0, 0.1) is 0 Å². The Balaban J connectivity index is 1.34. The molecule has 3 aliphatic rings. The van der Waals surface area contributed by atoms with E-state index in [9.17, 15) is 4.79 Å². The second-order valence-corrected chi connectivity index (χ2v) is 7.47. The second-order valence-electron chi connectivity index (χ2n) is 7.47. The fourth-order valence-corrected chi connectivity index (χ4v) is 4.39. The molecule has 0 unspecified atom stereocenters. The van der Waals surface area contributed by atoms with Crippen LogP contribution in [0.25, 0.3) is 5.57 Å². The van der Waals surface area contributed by atoms with E-state index in [1.807, 2.05) is 0 Å². The molecule has 0 spiro atoms. The maximum Gasteiger partial charge on any atom is 0.222 e. The number of carbonyl (C=O) groups excluding carboxylic acids is 1. The molecule has 4 rings (SSSR count). The molecule has 3 heteroatoms. The fourth-order valence-electron chi connectivity index (χ4n) is 4.39. The summed E-state index contributed by atoms with van der Waals surface area (Å²) in [6, 6.07) is 8.74. The van der Waals surface area contributed by atoms with Crippen molar-refractivity contribution in [2.75, 3.05) is 32.7 Å². The van der Waals surface area contributed by atoms with Gasteiger partial charge >= 0.3 is 0 Å². The smallest absolute Gasteiger partial charge is 0.222 e. The summed E-state index contributed by atoms with van der Waals surface area (Å²) >= 11 is 0. The summed E-state index contributed by atoms with van der Waals surface area (Å²) in [5.41, 5.74) is 5.86. The first-order chi connectivity index (χ1) is 12.3. The molecule has 2 heterocycles. The van der Waals surface area contributed by atoms with E-state index in [0.29, 0.717) is 12.3 Å². The lowest BCUT2D eigenvalue weighted by molar-refractivity contribution is -0.130. The minimum absolute atomic E-state index is 0.335. The van der Waals surface area contributed by atoms with Crippen LogP contribution in [0.15, 0.2) is 42.0 Å². The molecule has 3 nitrogen and oxygen atoms in total. The Labute approximate surface area is 151 Å². The molecule has 0 saturated carbocycles. The zero-order valence-corrected chi connectivity index (χ0v) is 15.0. The van der Waals surface area contributed by atoms with E-state index in [1.54, 1.807) is 5.57 Å². The first-order valence-electron chi connectivity index (χ1n) is 9.75. The van der Waals surface area contributed by atoms with Crippen LogP contribution < -0.4 is 0 Å². The largest absolute Gasteiger partial charge is 0.338 e. The molecule has 2 aliphatic heterocycles. The molecule has 0 aromatic heterocycles. The molecule has 1 aromatic carbocycles. The highest BCUT2D eigenvalue weighted by Crippen LogP contribution is 2.36. The Morgan fingerprint density at radius 3 is 2.84 bits per heavy atom. The summed E-state index contributed by atoms with van der Waals surface area (Å²) in [6.45, 7) is 4.96. The van der Waals surface area contributed by atoms with Crippen molar-refractivity contribution < 1.29 is 4.79 Å². The number of rotatable bonds is 4. The molecule has 0 N–H and O–H groups in total. The van der Waals surface area contributed by atoms with Gasteiger partial charge in [-0.2, -0.15) is 0 Å². The topological polar surface area (TPSA) is 23.6 Å². The Bertz CT molecular complexity index is 704. The van der Waals surface area contributed by atoms with Crippen LogP contribution in [-0.4, -0.2) is 48.4 Å². The average Bonchev–Trinajstić information content (AvgIpc) is 2.68. The Morgan fingerprint density at radius 2 is 1.96 bits per heavy atom. The lowest BCUT2D eigenvalue weighted by Crippen LogP contribution is -2.38. The van der Waals surface area contributed by atoms with Gasteiger partial charge in [0.25, 0.3) is 0 Å². The Hall–Kier alpha value is -1.87. The third-order valence-electron chi connectivity index (χ3n) is 5.86. The van der Waals surface area contributed by atoms with Gasteiger partial charge in [0.1, 0.15) is 0 Å². The standard InChI is InChI=1S/C22H28N2O/c25-22(9-6-15-23-13-4-1-5-14-23)24-16-12-19-11-10-18-7-2-3-8-20(18)21(19)17-24/h1-4,7-8H,5-6,9-17H2. The highest BCUT2D eigenvalue weighted by Gasteiger charge is 2.26. The summed E-state index contributed by atoms with van der Waals surface area (Å²) < 4.78 is 0. The van der Waals surface area contributed by atoms with Crippen molar-refractivity contribution in [1.82, 2.24) is 9.80 Å². The van der Waals surface area contributed by atoms with Crippen LogP contribution in [0.4, 0.5) is 0 Å². The SMILES string of the molecule is O=C(CCCN1CC=CCC1)N1CCC2=C(C1)c1ccccc1CC2. The average molecular weight is 336 g/mol. The molecule has 0 saturated heterocycles. The third kappa shape index (κ3) is 3.72. The number of fused-ring (bicyclic) bond motifs is 2. The van der Waals surface area contributed by atoms with Gasteiger partial charge in [0.2, 0.25) is 5.91 Å². The van der Waals surface area contributed by atoms with Crippen LogP contribution in [0.2, 0.25) is 0 Å². The van der Waals surface area contributed by atoms with E-state index in [1.165, 1.54) is 23.1 Å². The summed E-state index contributed by atoms with van der Waals surface area (Å²) in [6.07, 6.45) is 10.7. The molecule has 0 radical (unpaired) electrons. The summed E-state index contributed by atoms with van der Waals surface area (Å²) in [5, 5.41) is 0. The highest BCUT2D eigenvalue weighted by atomic mass is 16.2. The predicted octanol–water partition coefficient (Wildman–Crippen LogP) is 3.66. The van der Waals surface area contributed by atoms with E-state index >= 15 is 0 Å². The minimum atomic E-state index is 0.335. The molecule has 1 aromatic rings. The van der Waals surface area contributed by atoms with Crippen molar-refractivity contribution in [3.63, 3.8) is 0 Å². The third-order valence-corrected chi connectivity index (χ3v) is 5.86. The van der Waals surface area contributed by atoms with Gasteiger partial charge in [-0.25, -0.2) is 0 Å². The van der Waals surface area contributed by atoms with Crippen LogP contribution in [0.1, 0.15) is 43.2 Å². The van der Waals surface area contributed by atoms with Crippen molar-refractivity contribution >= 4 is 11.5 Å². The number of amides is 1. The quantitative estimate of drug-likeness (QED) is 0.784. The molecular formula is C22H28N2O. The maximum absolute atomic E-state index is 12.7. The number of benzene rings is 1. The summed E-state index contributed by atoms with van der Waals surface area (Å²) in [7, 11) is 0.